The van der Waals surface area contributed by atoms with Gasteiger partial charge in [-0.05, 0) is 18.8 Å². The highest BCUT2D eigenvalue weighted by molar-refractivity contribution is 14.1. The van der Waals surface area contributed by atoms with Crippen LogP contribution in [-0.2, 0) is 9.47 Å². The molecular weight excluding hydrogens is 295 g/mol. The van der Waals surface area contributed by atoms with Crippen molar-refractivity contribution in [3.63, 3.8) is 0 Å². The summed E-state index contributed by atoms with van der Waals surface area (Å²) in [6.45, 7) is 1.65. The first-order chi connectivity index (χ1) is 6.73. The van der Waals surface area contributed by atoms with Crippen molar-refractivity contribution in [1.29, 1.82) is 0 Å². The second-order valence-corrected chi connectivity index (χ2v) is 6.02. The largest absolute Gasteiger partial charge is 0.392 e. The van der Waals surface area contributed by atoms with Gasteiger partial charge in [-0.3, -0.25) is 0 Å². The van der Waals surface area contributed by atoms with Gasteiger partial charge in [0.25, 0.3) is 0 Å². The summed E-state index contributed by atoms with van der Waals surface area (Å²) in [6, 6.07) is 0. The lowest BCUT2D eigenvalue weighted by Crippen LogP contribution is -2.58. The van der Waals surface area contributed by atoms with E-state index in [1.54, 1.807) is 0 Å². The maximum absolute atomic E-state index is 9.77. The first-order valence-electron chi connectivity index (χ1n) is 5.33. The molecule has 1 spiro atoms. The van der Waals surface area contributed by atoms with Crippen LogP contribution in [0.3, 0.4) is 0 Å². The Morgan fingerprint density at radius 2 is 2.00 bits per heavy atom. The minimum absolute atomic E-state index is 0.154. The lowest BCUT2D eigenvalue weighted by Gasteiger charge is -2.53. The summed E-state index contributed by atoms with van der Waals surface area (Å²) in [4.78, 5) is 0. The molecule has 1 aliphatic heterocycles. The van der Waals surface area contributed by atoms with E-state index in [1.165, 1.54) is 0 Å². The molecule has 1 saturated heterocycles. The topological polar surface area (TPSA) is 38.7 Å². The van der Waals surface area contributed by atoms with Crippen LogP contribution in [0.5, 0.6) is 0 Å². The summed E-state index contributed by atoms with van der Waals surface area (Å²) in [6.07, 6.45) is 2.70. The predicted molar refractivity (Wildman–Crippen MR) is 59.3 cm³/mol. The Bertz CT molecular complexity index is 240. The molecule has 0 amide bonds. The predicted octanol–water partition coefficient (Wildman–Crippen LogP) is 1.32. The molecule has 80 valence electrons. The van der Waals surface area contributed by atoms with E-state index in [1.807, 2.05) is 0 Å². The summed E-state index contributed by atoms with van der Waals surface area (Å²) >= 11 is 2.37. The third-order valence-corrected chi connectivity index (χ3v) is 5.61. The van der Waals surface area contributed by atoms with Crippen molar-refractivity contribution >= 4 is 22.6 Å². The van der Waals surface area contributed by atoms with E-state index in [9.17, 15) is 5.11 Å². The molecule has 4 heteroatoms. The molecule has 3 rings (SSSR count). The number of ether oxygens (including phenoxy) is 2. The van der Waals surface area contributed by atoms with Crippen molar-refractivity contribution in [2.45, 2.75) is 35.1 Å². The summed E-state index contributed by atoms with van der Waals surface area (Å²) in [5.74, 6) is 0.757. The first-order valence-corrected chi connectivity index (χ1v) is 6.57. The van der Waals surface area contributed by atoms with E-state index in [2.05, 4.69) is 22.6 Å². The molecule has 14 heavy (non-hydrogen) atoms. The van der Waals surface area contributed by atoms with Crippen molar-refractivity contribution < 1.29 is 14.6 Å². The number of rotatable bonds is 0. The molecule has 2 aliphatic carbocycles. The highest BCUT2D eigenvalue weighted by Gasteiger charge is 2.63. The molecule has 2 saturated carbocycles. The summed E-state index contributed by atoms with van der Waals surface area (Å²) in [5.41, 5.74) is 0. The lowest BCUT2D eigenvalue weighted by atomic mass is 9.69. The highest BCUT2D eigenvalue weighted by atomic mass is 127. The zero-order valence-electron chi connectivity index (χ0n) is 7.99. The van der Waals surface area contributed by atoms with E-state index < -0.39 is 0 Å². The zero-order valence-corrected chi connectivity index (χ0v) is 10.1. The average molecular weight is 310 g/mol. The SMILES string of the molecule is O[C@H]1C[C@@H]2[C@@H](CC23OCCCO3)[C@@H]1I. The minimum Gasteiger partial charge on any atom is -0.392 e. The molecule has 0 aromatic carbocycles. The van der Waals surface area contributed by atoms with Crippen LogP contribution in [-0.4, -0.2) is 34.1 Å². The lowest BCUT2D eigenvalue weighted by molar-refractivity contribution is -0.346. The molecule has 3 nitrogen and oxygen atoms in total. The molecule has 0 unspecified atom stereocenters. The second kappa shape index (κ2) is 3.30. The molecule has 0 bridgehead atoms. The summed E-state index contributed by atoms with van der Waals surface area (Å²) in [5, 5.41) is 9.77. The third kappa shape index (κ3) is 1.20. The molecule has 1 N–H and O–H groups in total. The molecule has 3 aliphatic rings. The van der Waals surface area contributed by atoms with Gasteiger partial charge in [-0.15, -0.1) is 0 Å². The quantitative estimate of drug-likeness (QED) is 0.542. The van der Waals surface area contributed by atoms with Crippen LogP contribution in [0.15, 0.2) is 0 Å². The van der Waals surface area contributed by atoms with Crippen LogP contribution in [0.2, 0.25) is 0 Å². The van der Waals surface area contributed by atoms with Gasteiger partial charge in [0.2, 0.25) is 0 Å². The molecular formula is C10H15IO3. The summed E-state index contributed by atoms with van der Waals surface area (Å²) in [7, 11) is 0. The van der Waals surface area contributed by atoms with Crippen LogP contribution in [0, 0.1) is 11.8 Å². The van der Waals surface area contributed by atoms with Gasteiger partial charge in [0.05, 0.1) is 19.3 Å². The Morgan fingerprint density at radius 3 is 2.64 bits per heavy atom. The Kier molecular flexibility index (Phi) is 2.31. The Morgan fingerprint density at radius 1 is 1.29 bits per heavy atom. The number of aliphatic hydroxyl groups is 1. The fourth-order valence-electron chi connectivity index (χ4n) is 3.07. The van der Waals surface area contributed by atoms with Gasteiger partial charge in [-0.1, -0.05) is 22.6 Å². The second-order valence-electron chi connectivity index (χ2n) is 4.58. The number of aliphatic hydroxyl groups excluding tert-OH is 1. The van der Waals surface area contributed by atoms with E-state index >= 15 is 0 Å². The Balaban J connectivity index is 1.75. The normalized spacial score (nSPS) is 50.1. The van der Waals surface area contributed by atoms with Gasteiger partial charge in [0.1, 0.15) is 0 Å². The van der Waals surface area contributed by atoms with Gasteiger partial charge >= 0.3 is 0 Å². The molecule has 0 aromatic rings. The van der Waals surface area contributed by atoms with Gasteiger partial charge in [-0.2, -0.15) is 0 Å². The summed E-state index contributed by atoms with van der Waals surface area (Å²) < 4.78 is 12.0. The number of halogens is 1. The monoisotopic (exact) mass is 310 g/mol. The van der Waals surface area contributed by atoms with Crippen molar-refractivity contribution in [3.05, 3.63) is 0 Å². The molecule has 3 fully saturated rings. The molecule has 1 heterocycles. The van der Waals surface area contributed by atoms with Crippen molar-refractivity contribution in [1.82, 2.24) is 0 Å². The average Bonchev–Trinajstić information content (AvgIpc) is 2.44. The number of fused-ring (bicyclic) bond motifs is 2. The molecule has 0 aromatic heterocycles. The van der Waals surface area contributed by atoms with E-state index in [0.717, 1.165) is 32.5 Å². The van der Waals surface area contributed by atoms with Crippen molar-refractivity contribution in [2.75, 3.05) is 13.2 Å². The number of hydrogen-bond acceptors (Lipinski definition) is 3. The zero-order chi connectivity index (χ0) is 9.76. The van der Waals surface area contributed by atoms with E-state index in [-0.39, 0.29) is 11.9 Å². The van der Waals surface area contributed by atoms with Crippen molar-refractivity contribution in [2.24, 2.45) is 11.8 Å². The maximum Gasteiger partial charge on any atom is 0.171 e. The first kappa shape index (κ1) is 9.81. The van der Waals surface area contributed by atoms with Gasteiger partial charge < -0.3 is 14.6 Å². The smallest absolute Gasteiger partial charge is 0.171 e. The van der Waals surface area contributed by atoms with Crippen molar-refractivity contribution in [3.8, 4) is 0 Å². The fraction of sp³-hybridized carbons (Fsp3) is 1.00. The minimum atomic E-state index is -0.302. The number of hydrogen-bond donors (Lipinski definition) is 1. The van der Waals surface area contributed by atoms with Gasteiger partial charge in [0.15, 0.2) is 5.79 Å². The fourth-order valence-corrected chi connectivity index (χ4v) is 4.12. The number of alkyl halides is 1. The highest BCUT2D eigenvalue weighted by Crippen LogP contribution is 2.58. The van der Waals surface area contributed by atoms with E-state index in [4.69, 9.17) is 9.47 Å². The Hall–Kier alpha value is 0.610. The molecule has 0 radical (unpaired) electrons. The van der Waals surface area contributed by atoms with E-state index in [0.29, 0.717) is 15.8 Å². The van der Waals surface area contributed by atoms with Crippen LogP contribution in [0.25, 0.3) is 0 Å². The third-order valence-electron chi connectivity index (χ3n) is 3.86. The van der Waals surface area contributed by atoms with Gasteiger partial charge in [0, 0.05) is 16.3 Å². The van der Waals surface area contributed by atoms with Crippen LogP contribution in [0.1, 0.15) is 19.3 Å². The maximum atomic E-state index is 9.77. The van der Waals surface area contributed by atoms with Crippen LogP contribution in [0.4, 0.5) is 0 Å². The van der Waals surface area contributed by atoms with Crippen LogP contribution < -0.4 is 0 Å². The van der Waals surface area contributed by atoms with Gasteiger partial charge in [-0.25, -0.2) is 0 Å². The van der Waals surface area contributed by atoms with Crippen LogP contribution >= 0.6 is 22.6 Å². The molecule has 4 atom stereocenters. The standard InChI is InChI=1S/C10H15IO3/c11-9-6-5-10(7(6)4-8(9)12)13-2-1-3-14-10/h6-9,12H,1-5H2/t6-,7-,8+,9+/m1/s1. The Labute approximate surface area is 97.3 Å².